The van der Waals surface area contributed by atoms with E-state index in [4.69, 9.17) is 14.2 Å². The van der Waals surface area contributed by atoms with Gasteiger partial charge in [-0.3, -0.25) is 14.4 Å². The lowest BCUT2D eigenvalue weighted by molar-refractivity contribution is -0.167. The van der Waals surface area contributed by atoms with Crippen LogP contribution in [0.15, 0.2) is 48.6 Å². The largest absolute Gasteiger partial charge is 0.462 e. The molecule has 0 amide bonds. The highest BCUT2D eigenvalue weighted by atomic mass is 16.6. The lowest BCUT2D eigenvalue weighted by Gasteiger charge is -2.18. The Morgan fingerprint density at radius 1 is 0.266 bits per heavy atom. The van der Waals surface area contributed by atoms with Crippen LogP contribution in [0.5, 0.6) is 0 Å². The van der Waals surface area contributed by atoms with Crippen molar-refractivity contribution in [2.24, 2.45) is 0 Å². The Bertz CT molecular complexity index is 1360. The van der Waals surface area contributed by atoms with Crippen LogP contribution in [0.4, 0.5) is 0 Å². The third kappa shape index (κ3) is 66.1. The van der Waals surface area contributed by atoms with Gasteiger partial charge in [0.05, 0.1) is 0 Å². The molecule has 79 heavy (non-hydrogen) atoms. The molecule has 462 valence electrons. The van der Waals surface area contributed by atoms with Crippen LogP contribution in [-0.2, 0) is 28.6 Å². The molecule has 0 fully saturated rings. The van der Waals surface area contributed by atoms with Crippen molar-refractivity contribution < 1.29 is 28.6 Å². The second kappa shape index (κ2) is 67.9. The van der Waals surface area contributed by atoms with Crippen molar-refractivity contribution in [2.45, 2.75) is 386 Å². The molecule has 0 rings (SSSR count). The van der Waals surface area contributed by atoms with Crippen LogP contribution in [0.25, 0.3) is 0 Å². The Labute approximate surface area is 492 Å². The molecule has 0 spiro atoms. The first kappa shape index (κ1) is 76.4. The van der Waals surface area contributed by atoms with Gasteiger partial charge < -0.3 is 14.2 Å². The highest BCUT2D eigenvalue weighted by molar-refractivity contribution is 5.71. The van der Waals surface area contributed by atoms with E-state index in [0.29, 0.717) is 19.3 Å². The van der Waals surface area contributed by atoms with E-state index in [0.717, 1.165) is 83.5 Å². The summed E-state index contributed by atoms with van der Waals surface area (Å²) in [6, 6.07) is 0. The first-order chi connectivity index (χ1) is 39.0. The monoisotopic (exact) mass is 1110 g/mol. The van der Waals surface area contributed by atoms with E-state index in [2.05, 4.69) is 69.4 Å². The van der Waals surface area contributed by atoms with Crippen LogP contribution in [0, 0.1) is 0 Å². The molecule has 0 N–H and O–H groups in total. The van der Waals surface area contributed by atoms with E-state index in [1.54, 1.807) is 0 Å². The number of carbonyl (C=O) groups excluding carboxylic acids is 3. The minimum atomic E-state index is -0.773. The lowest BCUT2D eigenvalue weighted by Crippen LogP contribution is -2.30. The molecule has 0 aromatic carbocycles. The number of ether oxygens (including phenoxy) is 3. The molecule has 6 heteroatoms. The Morgan fingerprint density at radius 3 is 0.772 bits per heavy atom. The second-order valence-electron chi connectivity index (χ2n) is 23.8. The first-order valence-electron chi connectivity index (χ1n) is 35.1. The van der Waals surface area contributed by atoms with Crippen LogP contribution in [-0.4, -0.2) is 37.2 Å². The highest BCUT2D eigenvalue weighted by Gasteiger charge is 2.19. The van der Waals surface area contributed by atoms with Gasteiger partial charge in [-0.15, -0.1) is 0 Å². The van der Waals surface area contributed by atoms with Gasteiger partial charge in [0, 0.05) is 19.3 Å². The summed E-state index contributed by atoms with van der Waals surface area (Å²) in [4.78, 5) is 38.4. The quantitative estimate of drug-likeness (QED) is 0.0261. The lowest BCUT2D eigenvalue weighted by atomic mass is 10.0. The number of unbranched alkanes of at least 4 members (excludes halogenated alkanes) is 46. The zero-order valence-electron chi connectivity index (χ0n) is 53.2. The molecule has 0 saturated carbocycles. The molecule has 1 atom stereocenters. The molecule has 1 unspecified atom stereocenters. The first-order valence-corrected chi connectivity index (χ1v) is 35.1. The summed E-state index contributed by atoms with van der Waals surface area (Å²) in [5.41, 5.74) is 0. The topological polar surface area (TPSA) is 78.9 Å². The normalized spacial score (nSPS) is 12.3. The summed E-state index contributed by atoms with van der Waals surface area (Å²) in [5.74, 6) is -0.847. The van der Waals surface area contributed by atoms with Gasteiger partial charge in [0.2, 0.25) is 0 Å². The van der Waals surface area contributed by atoms with Crippen molar-refractivity contribution in [1.82, 2.24) is 0 Å². The van der Waals surface area contributed by atoms with E-state index in [9.17, 15) is 14.4 Å². The Morgan fingerprint density at radius 2 is 0.494 bits per heavy atom. The van der Waals surface area contributed by atoms with Crippen molar-refractivity contribution >= 4 is 17.9 Å². The van der Waals surface area contributed by atoms with Crippen molar-refractivity contribution in [1.29, 1.82) is 0 Å². The molecule has 0 aliphatic heterocycles. The number of allylic oxidation sites excluding steroid dienone is 8. The van der Waals surface area contributed by atoms with Gasteiger partial charge in [-0.25, -0.2) is 0 Å². The molecule has 0 aromatic heterocycles. The Balaban J connectivity index is 4.21. The minimum absolute atomic E-state index is 0.0691. The van der Waals surface area contributed by atoms with E-state index in [1.807, 2.05) is 0 Å². The van der Waals surface area contributed by atoms with E-state index in [-0.39, 0.29) is 31.1 Å². The molecule has 0 aliphatic rings. The van der Waals surface area contributed by atoms with Gasteiger partial charge in [0.1, 0.15) is 13.2 Å². The zero-order valence-corrected chi connectivity index (χ0v) is 53.2. The molecule has 0 heterocycles. The van der Waals surface area contributed by atoms with Crippen LogP contribution >= 0.6 is 0 Å². The summed E-state index contributed by atoms with van der Waals surface area (Å²) in [6.45, 7) is 6.59. The fraction of sp³-hybridized carbons (Fsp3) is 0.849. The van der Waals surface area contributed by atoms with E-state index in [1.165, 1.54) is 257 Å². The standard InChI is InChI=1S/C73H134O6/c1-4-7-10-13-16-19-22-25-27-29-31-33-35-36-37-39-40-42-44-46-48-51-54-57-60-63-66-72(75)78-69-70(68-77-71(74)65-62-59-56-53-50-24-21-18-15-12-9-6-3)79-73(76)67-64-61-58-55-52-49-47-45-43-41-38-34-32-30-28-26-23-20-17-14-11-8-5-2/h8,11,17,20,26,28,32,34,70H,4-7,9-10,12-16,18-19,21-25,27,29-31,33,35-69H2,1-3H3/b11-8-,20-17-,28-26-,34-32-. The number of esters is 3. The number of hydrogen-bond acceptors (Lipinski definition) is 6. The fourth-order valence-electron chi connectivity index (χ4n) is 10.6. The third-order valence-corrected chi connectivity index (χ3v) is 15.8. The molecular weight excluding hydrogens is 973 g/mol. The molecule has 0 aromatic rings. The SMILES string of the molecule is CC/C=C\C/C=C\C/C=C\C/C=C\CCCCCCCCCCCCC(=O)OC(COC(=O)CCCCCCCCCCCCCC)COC(=O)CCCCCCCCCCCCCCCCCCCCCCCCCCCC. The van der Waals surface area contributed by atoms with Gasteiger partial charge >= 0.3 is 17.9 Å². The van der Waals surface area contributed by atoms with Crippen LogP contribution in [0.1, 0.15) is 380 Å². The van der Waals surface area contributed by atoms with Crippen molar-refractivity contribution in [3.8, 4) is 0 Å². The van der Waals surface area contributed by atoms with Gasteiger partial charge in [0.25, 0.3) is 0 Å². The summed E-state index contributed by atoms with van der Waals surface area (Å²) in [5, 5.41) is 0. The van der Waals surface area contributed by atoms with Crippen LogP contribution in [0.3, 0.4) is 0 Å². The summed E-state index contributed by atoms with van der Waals surface area (Å²) in [6.07, 6.45) is 85.7. The average Bonchev–Trinajstić information content (AvgIpc) is 3.45. The summed E-state index contributed by atoms with van der Waals surface area (Å²) < 4.78 is 17.0. The predicted octanol–water partition coefficient (Wildman–Crippen LogP) is 24.1. The Kier molecular flexibility index (Phi) is 65.6. The molecule has 6 nitrogen and oxygen atoms in total. The molecular formula is C73H134O6. The average molecular weight is 1110 g/mol. The predicted molar refractivity (Wildman–Crippen MR) is 344 cm³/mol. The molecule has 0 aliphatic carbocycles. The molecule has 0 saturated heterocycles. The van der Waals surface area contributed by atoms with Crippen LogP contribution < -0.4 is 0 Å². The zero-order chi connectivity index (χ0) is 57.1. The van der Waals surface area contributed by atoms with Gasteiger partial charge in [-0.2, -0.15) is 0 Å². The van der Waals surface area contributed by atoms with Gasteiger partial charge in [-0.05, 0) is 57.8 Å². The van der Waals surface area contributed by atoms with Gasteiger partial charge in [0.15, 0.2) is 6.10 Å². The van der Waals surface area contributed by atoms with E-state index >= 15 is 0 Å². The van der Waals surface area contributed by atoms with Gasteiger partial charge in [-0.1, -0.05) is 352 Å². The fourth-order valence-corrected chi connectivity index (χ4v) is 10.6. The number of carbonyl (C=O) groups is 3. The third-order valence-electron chi connectivity index (χ3n) is 15.8. The smallest absolute Gasteiger partial charge is 0.306 e. The summed E-state index contributed by atoms with van der Waals surface area (Å²) in [7, 11) is 0. The summed E-state index contributed by atoms with van der Waals surface area (Å²) >= 11 is 0. The maximum Gasteiger partial charge on any atom is 0.306 e. The van der Waals surface area contributed by atoms with E-state index < -0.39 is 6.10 Å². The highest BCUT2D eigenvalue weighted by Crippen LogP contribution is 2.19. The number of hydrogen-bond donors (Lipinski definition) is 0. The van der Waals surface area contributed by atoms with Crippen molar-refractivity contribution in [3.05, 3.63) is 48.6 Å². The number of rotatable bonds is 65. The molecule has 0 bridgehead atoms. The maximum absolute atomic E-state index is 12.9. The molecule has 0 radical (unpaired) electrons. The minimum Gasteiger partial charge on any atom is -0.462 e. The second-order valence-corrected chi connectivity index (χ2v) is 23.8. The Hall–Kier alpha value is -2.63. The van der Waals surface area contributed by atoms with Crippen molar-refractivity contribution in [2.75, 3.05) is 13.2 Å². The maximum atomic E-state index is 12.9. The van der Waals surface area contributed by atoms with Crippen molar-refractivity contribution in [3.63, 3.8) is 0 Å². The van der Waals surface area contributed by atoms with Crippen LogP contribution in [0.2, 0.25) is 0 Å².